The van der Waals surface area contributed by atoms with Crippen LogP contribution in [0, 0.1) is 0 Å². The molecule has 0 atom stereocenters. The van der Waals surface area contributed by atoms with E-state index in [1.165, 1.54) is 32.1 Å². The van der Waals surface area contributed by atoms with E-state index in [1.807, 2.05) is 32.0 Å². The predicted molar refractivity (Wildman–Crippen MR) is 94.7 cm³/mol. The topological polar surface area (TPSA) is 47.6 Å². The Morgan fingerprint density at radius 3 is 2.33 bits per heavy atom. The second-order valence-corrected chi connectivity index (χ2v) is 7.50. The number of hydrogen-bond acceptors (Lipinski definition) is 3. The monoisotopic (exact) mass is 331 g/mol. The third kappa shape index (κ3) is 3.85. The zero-order valence-corrected chi connectivity index (χ0v) is 14.9. The molecule has 0 saturated heterocycles. The van der Waals surface area contributed by atoms with Gasteiger partial charge in [0.15, 0.2) is 11.5 Å². The summed E-state index contributed by atoms with van der Waals surface area (Å²) >= 11 is 0. The van der Waals surface area contributed by atoms with E-state index >= 15 is 0 Å². The normalized spacial score (nSPS) is 19.2. The van der Waals surface area contributed by atoms with Gasteiger partial charge in [0.2, 0.25) is 5.91 Å². The number of fused-ring (bicyclic) bond motifs is 1. The molecule has 0 aromatic heterocycles. The van der Waals surface area contributed by atoms with Crippen molar-refractivity contribution >= 4 is 5.91 Å². The number of carbonyl (C=O) groups is 1. The Hall–Kier alpha value is -1.71. The molecular formula is C20H29NO3. The summed E-state index contributed by atoms with van der Waals surface area (Å²) in [5, 5.41) is 3.29. The molecular weight excluding hydrogens is 302 g/mol. The van der Waals surface area contributed by atoms with E-state index in [1.54, 1.807) is 0 Å². The highest BCUT2D eigenvalue weighted by molar-refractivity contribution is 5.87. The Balaban J connectivity index is 1.70. The molecule has 1 aromatic carbocycles. The van der Waals surface area contributed by atoms with E-state index in [0.29, 0.717) is 19.3 Å². The van der Waals surface area contributed by atoms with E-state index in [4.69, 9.17) is 9.47 Å². The molecule has 1 amide bonds. The SMILES string of the molecule is CC(C)(C(=O)NC1CCCCCCC1)c1ccc2c(c1)OCCO2. The van der Waals surface area contributed by atoms with Crippen molar-refractivity contribution in [2.75, 3.05) is 13.2 Å². The standard InChI is InChI=1S/C20H29NO3/c1-20(2,15-10-11-17-18(14-15)24-13-12-23-17)19(22)21-16-8-6-4-3-5-7-9-16/h10-11,14,16H,3-9,12-13H2,1-2H3,(H,21,22). The second kappa shape index (κ2) is 7.45. The van der Waals surface area contributed by atoms with Gasteiger partial charge in [0.05, 0.1) is 5.41 Å². The van der Waals surface area contributed by atoms with Crippen LogP contribution in [0.3, 0.4) is 0 Å². The quantitative estimate of drug-likeness (QED) is 0.912. The Kier molecular flexibility index (Phi) is 5.32. The van der Waals surface area contributed by atoms with Gasteiger partial charge in [0.1, 0.15) is 13.2 Å². The number of ether oxygens (including phenoxy) is 2. The Labute approximate surface area is 144 Å². The van der Waals surface area contributed by atoms with Crippen LogP contribution in [0.5, 0.6) is 11.5 Å². The van der Waals surface area contributed by atoms with Gasteiger partial charge in [0, 0.05) is 6.04 Å². The first kappa shape index (κ1) is 17.1. The molecule has 1 saturated carbocycles. The molecule has 1 aliphatic carbocycles. The molecule has 0 spiro atoms. The zero-order valence-electron chi connectivity index (χ0n) is 14.9. The van der Waals surface area contributed by atoms with Crippen molar-refractivity contribution in [3.8, 4) is 11.5 Å². The van der Waals surface area contributed by atoms with E-state index in [9.17, 15) is 4.79 Å². The summed E-state index contributed by atoms with van der Waals surface area (Å²) in [5.74, 6) is 1.61. The first-order valence-electron chi connectivity index (χ1n) is 9.28. The van der Waals surface area contributed by atoms with E-state index in [2.05, 4.69) is 5.32 Å². The van der Waals surface area contributed by atoms with Crippen molar-refractivity contribution in [1.82, 2.24) is 5.32 Å². The van der Waals surface area contributed by atoms with Gasteiger partial charge in [0.25, 0.3) is 0 Å². The predicted octanol–water partition coefficient (Wildman–Crippen LogP) is 3.96. The third-order valence-electron chi connectivity index (χ3n) is 5.27. The Morgan fingerprint density at radius 2 is 1.62 bits per heavy atom. The van der Waals surface area contributed by atoms with Crippen LogP contribution >= 0.6 is 0 Å². The van der Waals surface area contributed by atoms with Gasteiger partial charge in [-0.1, -0.05) is 38.2 Å². The highest BCUT2D eigenvalue weighted by atomic mass is 16.6. The molecule has 1 fully saturated rings. The van der Waals surface area contributed by atoms with E-state index in [0.717, 1.165) is 29.9 Å². The molecule has 4 heteroatoms. The van der Waals surface area contributed by atoms with Gasteiger partial charge in [-0.25, -0.2) is 0 Å². The smallest absolute Gasteiger partial charge is 0.230 e. The minimum atomic E-state index is -0.585. The largest absolute Gasteiger partial charge is 0.486 e. The molecule has 1 aliphatic heterocycles. The number of hydrogen-bond donors (Lipinski definition) is 1. The van der Waals surface area contributed by atoms with Crippen LogP contribution in [0.4, 0.5) is 0 Å². The fourth-order valence-electron chi connectivity index (χ4n) is 3.53. The fourth-order valence-corrected chi connectivity index (χ4v) is 3.53. The van der Waals surface area contributed by atoms with Crippen molar-refractivity contribution in [2.24, 2.45) is 0 Å². The summed E-state index contributed by atoms with van der Waals surface area (Å²) < 4.78 is 11.2. The summed E-state index contributed by atoms with van der Waals surface area (Å²) in [6, 6.07) is 6.15. The van der Waals surface area contributed by atoms with Crippen molar-refractivity contribution in [3.63, 3.8) is 0 Å². The van der Waals surface area contributed by atoms with Crippen LogP contribution in [-0.2, 0) is 10.2 Å². The highest BCUT2D eigenvalue weighted by Crippen LogP contribution is 2.35. The van der Waals surface area contributed by atoms with Gasteiger partial charge >= 0.3 is 0 Å². The molecule has 1 aromatic rings. The number of benzene rings is 1. The molecule has 0 unspecified atom stereocenters. The molecule has 0 radical (unpaired) electrons. The summed E-state index contributed by atoms with van der Waals surface area (Å²) in [5.41, 5.74) is 0.383. The molecule has 2 aliphatic rings. The minimum Gasteiger partial charge on any atom is -0.486 e. The van der Waals surface area contributed by atoms with Gasteiger partial charge in [-0.3, -0.25) is 4.79 Å². The minimum absolute atomic E-state index is 0.102. The number of carbonyl (C=O) groups excluding carboxylic acids is 1. The fraction of sp³-hybridized carbons (Fsp3) is 0.650. The summed E-state index contributed by atoms with van der Waals surface area (Å²) in [4.78, 5) is 12.9. The Morgan fingerprint density at radius 1 is 1.00 bits per heavy atom. The molecule has 1 N–H and O–H groups in total. The average molecular weight is 331 g/mol. The van der Waals surface area contributed by atoms with Gasteiger partial charge < -0.3 is 14.8 Å². The molecule has 1 heterocycles. The van der Waals surface area contributed by atoms with E-state index < -0.39 is 5.41 Å². The maximum Gasteiger partial charge on any atom is 0.230 e. The molecule has 24 heavy (non-hydrogen) atoms. The van der Waals surface area contributed by atoms with Crippen LogP contribution in [0.25, 0.3) is 0 Å². The van der Waals surface area contributed by atoms with Crippen LogP contribution in [-0.4, -0.2) is 25.2 Å². The van der Waals surface area contributed by atoms with Gasteiger partial charge in [-0.15, -0.1) is 0 Å². The second-order valence-electron chi connectivity index (χ2n) is 7.50. The lowest BCUT2D eigenvalue weighted by molar-refractivity contribution is -0.126. The lowest BCUT2D eigenvalue weighted by Gasteiger charge is -2.29. The molecule has 3 rings (SSSR count). The van der Waals surface area contributed by atoms with Gasteiger partial charge in [-0.2, -0.15) is 0 Å². The van der Waals surface area contributed by atoms with Crippen LogP contribution in [0.15, 0.2) is 18.2 Å². The molecule has 132 valence electrons. The van der Waals surface area contributed by atoms with Crippen LogP contribution < -0.4 is 14.8 Å². The maximum atomic E-state index is 12.9. The third-order valence-corrected chi connectivity index (χ3v) is 5.27. The number of rotatable bonds is 3. The summed E-state index contributed by atoms with van der Waals surface area (Å²) in [6.45, 7) is 5.11. The average Bonchev–Trinajstić information content (AvgIpc) is 2.56. The Bertz CT molecular complexity index is 574. The first-order valence-corrected chi connectivity index (χ1v) is 9.28. The molecule has 4 nitrogen and oxygen atoms in total. The summed E-state index contributed by atoms with van der Waals surface area (Å²) in [7, 11) is 0. The lowest BCUT2D eigenvalue weighted by Crippen LogP contribution is -2.45. The maximum absolute atomic E-state index is 12.9. The zero-order chi connectivity index (χ0) is 17.0. The van der Waals surface area contributed by atoms with Crippen molar-refractivity contribution in [3.05, 3.63) is 23.8 Å². The number of nitrogens with one attached hydrogen (secondary N) is 1. The summed E-state index contributed by atoms with van der Waals surface area (Å²) in [6.07, 6.45) is 8.55. The van der Waals surface area contributed by atoms with Crippen LogP contribution in [0.1, 0.15) is 64.4 Å². The lowest BCUT2D eigenvalue weighted by atomic mass is 9.83. The van der Waals surface area contributed by atoms with Crippen molar-refractivity contribution < 1.29 is 14.3 Å². The van der Waals surface area contributed by atoms with Crippen LogP contribution in [0.2, 0.25) is 0 Å². The van der Waals surface area contributed by atoms with Crippen molar-refractivity contribution in [1.29, 1.82) is 0 Å². The molecule has 0 bridgehead atoms. The first-order chi connectivity index (χ1) is 11.6. The van der Waals surface area contributed by atoms with Crippen molar-refractivity contribution in [2.45, 2.75) is 70.3 Å². The number of amides is 1. The van der Waals surface area contributed by atoms with E-state index in [-0.39, 0.29) is 5.91 Å². The van der Waals surface area contributed by atoms with Gasteiger partial charge in [-0.05, 0) is 44.4 Å². The highest BCUT2D eigenvalue weighted by Gasteiger charge is 2.32.